The van der Waals surface area contributed by atoms with Crippen LogP contribution in [0.1, 0.15) is 33.1 Å². The number of hydrogen-bond acceptors (Lipinski definition) is 4. The molecule has 4 heteroatoms. The van der Waals surface area contributed by atoms with Gasteiger partial charge in [-0.05, 0) is 13.8 Å². The van der Waals surface area contributed by atoms with E-state index in [0.717, 1.165) is 11.1 Å². The van der Waals surface area contributed by atoms with E-state index in [9.17, 15) is 9.59 Å². The standard InChI is InChI=1S/C15H22O4/c1-11(2)6-8-18-14(16)10-13(5)15(17)19-9-7-12(3)4/h1,3,5-10H2,2,4H3. The zero-order chi connectivity index (χ0) is 14.8. The Morgan fingerprint density at radius 2 is 1.37 bits per heavy atom. The van der Waals surface area contributed by atoms with Crippen molar-refractivity contribution in [2.75, 3.05) is 13.2 Å². The second-order valence-corrected chi connectivity index (χ2v) is 4.55. The molecule has 0 aliphatic rings. The molecule has 19 heavy (non-hydrogen) atoms. The van der Waals surface area contributed by atoms with E-state index < -0.39 is 11.9 Å². The molecule has 0 saturated heterocycles. The topological polar surface area (TPSA) is 52.6 Å². The molecule has 0 aromatic rings. The summed E-state index contributed by atoms with van der Waals surface area (Å²) in [5, 5.41) is 0. The Labute approximate surface area is 114 Å². The molecular weight excluding hydrogens is 244 g/mol. The van der Waals surface area contributed by atoms with Gasteiger partial charge in [-0.3, -0.25) is 4.79 Å². The molecule has 0 unspecified atom stereocenters. The zero-order valence-electron chi connectivity index (χ0n) is 11.8. The fourth-order valence-electron chi connectivity index (χ4n) is 1.06. The van der Waals surface area contributed by atoms with Crippen LogP contribution in [-0.2, 0) is 19.1 Å². The lowest BCUT2D eigenvalue weighted by Gasteiger charge is -2.07. The molecule has 0 amide bonds. The third-order valence-electron chi connectivity index (χ3n) is 2.20. The van der Waals surface area contributed by atoms with Gasteiger partial charge in [0.25, 0.3) is 0 Å². The highest BCUT2D eigenvalue weighted by Gasteiger charge is 2.14. The lowest BCUT2D eigenvalue weighted by Crippen LogP contribution is -2.14. The Bertz CT molecular complexity index is 380. The van der Waals surface area contributed by atoms with E-state index >= 15 is 0 Å². The summed E-state index contributed by atoms with van der Waals surface area (Å²) in [6.45, 7) is 15.1. The summed E-state index contributed by atoms with van der Waals surface area (Å²) in [5.41, 5.74) is 1.96. The first-order valence-corrected chi connectivity index (χ1v) is 6.12. The fraction of sp³-hybridized carbons (Fsp3) is 0.467. The summed E-state index contributed by atoms with van der Waals surface area (Å²) < 4.78 is 9.87. The van der Waals surface area contributed by atoms with Crippen LogP contribution in [0.15, 0.2) is 36.5 Å². The quantitative estimate of drug-likeness (QED) is 0.366. The Morgan fingerprint density at radius 1 is 0.895 bits per heavy atom. The highest BCUT2D eigenvalue weighted by Crippen LogP contribution is 2.06. The van der Waals surface area contributed by atoms with Crippen LogP contribution in [0.5, 0.6) is 0 Å². The third-order valence-corrected chi connectivity index (χ3v) is 2.20. The Hall–Kier alpha value is -1.84. The molecule has 0 heterocycles. The molecule has 4 nitrogen and oxygen atoms in total. The maximum Gasteiger partial charge on any atom is 0.334 e. The van der Waals surface area contributed by atoms with Crippen LogP contribution in [0, 0.1) is 0 Å². The predicted molar refractivity (Wildman–Crippen MR) is 74.5 cm³/mol. The van der Waals surface area contributed by atoms with Crippen LogP contribution in [0.4, 0.5) is 0 Å². The summed E-state index contributed by atoms with van der Waals surface area (Å²) in [6.07, 6.45) is 1.06. The van der Waals surface area contributed by atoms with Crippen LogP contribution in [-0.4, -0.2) is 25.2 Å². The predicted octanol–water partition coefficient (Wildman–Crippen LogP) is 2.95. The van der Waals surface area contributed by atoms with Gasteiger partial charge in [0.2, 0.25) is 0 Å². The number of carbonyl (C=O) groups excluding carboxylic acids is 2. The van der Waals surface area contributed by atoms with Gasteiger partial charge in [0.1, 0.15) is 0 Å². The summed E-state index contributed by atoms with van der Waals surface area (Å²) in [7, 11) is 0. The van der Waals surface area contributed by atoms with Crippen molar-refractivity contribution in [3.8, 4) is 0 Å². The van der Waals surface area contributed by atoms with Gasteiger partial charge < -0.3 is 9.47 Å². The van der Waals surface area contributed by atoms with E-state index in [0.29, 0.717) is 12.8 Å². The molecular formula is C15H22O4. The second-order valence-electron chi connectivity index (χ2n) is 4.55. The molecule has 0 radical (unpaired) electrons. The van der Waals surface area contributed by atoms with Crippen molar-refractivity contribution in [1.29, 1.82) is 0 Å². The minimum absolute atomic E-state index is 0.0991. The lowest BCUT2D eigenvalue weighted by atomic mass is 10.2. The van der Waals surface area contributed by atoms with Crippen molar-refractivity contribution in [3.05, 3.63) is 36.5 Å². The highest BCUT2D eigenvalue weighted by atomic mass is 16.5. The van der Waals surface area contributed by atoms with E-state index in [1.807, 2.05) is 13.8 Å². The molecule has 106 valence electrons. The van der Waals surface area contributed by atoms with Crippen LogP contribution >= 0.6 is 0 Å². The summed E-state index contributed by atoms with van der Waals surface area (Å²) >= 11 is 0. The minimum atomic E-state index is -0.571. The minimum Gasteiger partial charge on any atom is -0.465 e. The van der Waals surface area contributed by atoms with E-state index in [2.05, 4.69) is 19.7 Å². The normalized spacial score (nSPS) is 9.58. The van der Waals surface area contributed by atoms with Gasteiger partial charge in [-0.2, -0.15) is 0 Å². The number of ether oxygens (including phenoxy) is 2. The number of hydrogen-bond donors (Lipinski definition) is 0. The maximum atomic E-state index is 11.5. The molecule has 0 N–H and O–H groups in total. The van der Waals surface area contributed by atoms with Crippen molar-refractivity contribution in [1.82, 2.24) is 0 Å². The van der Waals surface area contributed by atoms with Crippen LogP contribution in [0.2, 0.25) is 0 Å². The first-order chi connectivity index (χ1) is 8.82. The molecule has 0 atom stereocenters. The summed E-state index contributed by atoms with van der Waals surface area (Å²) in [4.78, 5) is 22.9. The average molecular weight is 266 g/mol. The lowest BCUT2D eigenvalue weighted by molar-refractivity contribution is -0.146. The molecule has 0 rings (SSSR count). The van der Waals surface area contributed by atoms with Crippen molar-refractivity contribution in [3.63, 3.8) is 0 Å². The monoisotopic (exact) mass is 266 g/mol. The Kier molecular flexibility index (Phi) is 8.25. The summed E-state index contributed by atoms with van der Waals surface area (Å²) in [6, 6.07) is 0. The number of carbonyl (C=O) groups is 2. The first-order valence-electron chi connectivity index (χ1n) is 6.12. The van der Waals surface area contributed by atoms with E-state index in [1.165, 1.54) is 0 Å². The Balaban J connectivity index is 3.88. The van der Waals surface area contributed by atoms with Crippen molar-refractivity contribution in [2.24, 2.45) is 0 Å². The van der Waals surface area contributed by atoms with E-state index in [-0.39, 0.29) is 25.2 Å². The van der Waals surface area contributed by atoms with Crippen molar-refractivity contribution in [2.45, 2.75) is 33.1 Å². The van der Waals surface area contributed by atoms with Crippen molar-refractivity contribution < 1.29 is 19.1 Å². The van der Waals surface area contributed by atoms with E-state index in [4.69, 9.17) is 9.47 Å². The molecule has 0 aromatic heterocycles. The molecule has 0 bridgehead atoms. The number of esters is 2. The summed E-state index contributed by atoms with van der Waals surface area (Å²) in [5.74, 6) is -1.05. The average Bonchev–Trinajstić information content (AvgIpc) is 2.27. The maximum absolute atomic E-state index is 11.5. The van der Waals surface area contributed by atoms with Crippen LogP contribution < -0.4 is 0 Å². The second kappa shape index (κ2) is 9.14. The SMILES string of the molecule is C=C(C)CCOC(=O)CC(=C)C(=O)OCCC(=C)C. The molecule has 0 aliphatic carbocycles. The van der Waals surface area contributed by atoms with Gasteiger partial charge in [0.15, 0.2) is 0 Å². The van der Waals surface area contributed by atoms with Gasteiger partial charge in [-0.25, -0.2) is 4.79 Å². The fourth-order valence-corrected chi connectivity index (χ4v) is 1.06. The zero-order valence-corrected chi connectivity index (χ0v) is 11.8. The highest BCUT2D eigenvalue weighted by molar-refractivity contribution is 5.93. The van der Waals surface area contributed by atoms with Gasteiger partial charge in [-0.1, -0.05) is 17.7 Å². The third kappa shape index (κ3) is 9.83. The largest absolute Gasteiger partial charge is 0.465 e. The molecule has 0 spiro atoms. The van der Waals surface area contributed by atoms with Gasteiger partial charge in [0, 0.05) is 18.4 Å². The molecule has 0 aromatic carbocycles. The molecule has 0 aliphatic heterocycles. The van der Waals surface area contributed by atoms with Gasteiger partial charge in [-0.15, -0.1) is 13.2 Å². The van der Waals surface area contributed by atoms with E-state index in [1.54, 1.807) is 0 Å². The van der Waals surface area contributed by atoms with Crippen molar-refractivity contribution >= 4 is 11.9 Å². The smallest absolute Gasteiger partial charge is 0.334 e. The molecule has 0 fully saturated rings. The van der Waals surface area contributed by atoms with Crippen LogP contribution in [0.25, 0.3) is 0 Å². The first kappa shape index (κ1) is 17.2. The Morgan fingerprint density at radius 3 is 1.84 bits per heavy atom. The number of rotatable bonds is 9. The van der Waals surface area contributed by atoms with Gasteiger partial charge in [0.05, 0.1) is 19.6 Å². The van der Waals surface area contributed by atoms with Crippen LogP contribution in [0.3, 0.4) is 0 Å². The van der Waals surface area contributed by atoms with Gasteiger partial charge >= 0.3 is 11.9 Å². The molecule has 0 saturated carbocycles.